The Bertz CT molecular complexity index is 794. The van der Waals surface area contributed by atoms with E-state index in [4.69, 9.17) is 0 Å². The number of hydrogen-bond acceptors (Lipinski definition) is 2. The monoisotopic (exact) mass is 458 g/mol. The van der Waals surface area contributed by atoms with Crippen LogP contribution in [0.15, 0.2) is 59.1 Å². The minimum absolute atomic E-state index is 0.00714. The number of carbonyl (C=O) groups is 2. The van der Waals surface area contributed by atoms with Crippen LogP contribution in [-0.2, 0) is 22.6 Å². The number of nitrogens with zero attached hydrogens (tertiary/aromatic N) is 1. The maximum Gasteiger partial charge on any atom is 0.243 e. The van der Waals surface area contributed by atoms with Gasteiger partial charge in [0.2, 0.25) is 11.8 Å². The highest BCUT2D eigenvalue weighted by Crippen LogP contribution is 2.19. The number of hydrogen-bond donors (Lipinski definition) is 1. The summed E-state index contributed by atoms with van der Waals surface area (Å²) >= 11 is 3.50. The molecule has 2 amide bonds. The zero-order chi connectivity index (χ0) is 21.2. The third kappa shape index (κ3) is 7.32. The van der Waals surface area contributed by atoms with Crippen molar-refractivity contribution in [3.8, 4) is 0 Å². The minimum Gasteiger partial charge on any atom is -0.352 e. The first kappa shape index (κ1) is 23.1. The van der Waals surface area contributed by atoms with Crippen LogP contribution >= 0.6 is 15.9 Å². The molecule has 2 rings (SSSR count). The predicted molar refractivity (Wildman–Crippen MR) is 121 cm³/mol. The first-order chi connectivity index (χ1) is 13.9. The largest absolute Gasteiger partial charge is 0.352 e. The highest BCUT2D eigenvalue weighted by atomic mass is 79.9. The lowest BCUT2D eigenvalue weighted by Gasteiger charge is -2.32. The fourth-order valence-electron chi connectivity index (χ4n) is 3.18. The molecule has 2 aromatic carbocycles. The van der Waals surface area contributed by atoms with Gasteiger partial charge >= 0.3 is 0 Å². The average Bonchev–Trinajstić information content (AvgIpc) is 2.71. The molecule has 156 valence electrons. The standard InChI is InChI=1S/C24H31BrN2O2/c1-4-10-23(28)27(17-20-13-9-14-21(25)15-20)22(24(29)26-18(3)5-2)16-19-11-7-6-8-12-19/h6-9,11-15,18,22H,4-5,10,16-17H2,1-3H3,(H,26,29). The van der Waals surface area contributed by atoms with Crippen LogP contribution in [0.1, 0.15) is 51.2 Å². The molecule has 0 heterocycles. The van der Waals surface area contributed by atoms with Gasteiger partial charge in [0.15, 0.2) is 0 Å². The summed E-state index contributed by atoms with van der Waals surface area (Å²) < 4.78 is 0.960. The fraction of sp³-hybridized carbons (Fsp3) is 0.417. The predicted octanol–water partition coefficient (Wildman–Crippen LogP) is 5.10. The Morgan fingerprint density at radius 1 is 1.03 bits per heavy atom. The maximum absolute atomic E-state index is 13.2. The second-order valence-electron chi connectivity index (χ2n) is 7.42. The van der Waals surface area contributed by atoms with E-state index in [1.807, 2.05) is 75.4 Å². The van der Waals surface area contributed by atoms with Crippen LogP contribution in [0.2, 0.25) is 0 Å². The Labute approximate surface area is 182 Å². The third-order valence-electron chi connectivity index (χ3n) is 4.98. The molecular formula is C24H31BrN2O2. The Morgan fingerprint density at radius 3 is 2.34 bits per heavy atom. The molecule has 4 nitrogen and oxygen atoms in total. The highest BCUT2D eigenvalue weighted by molar-refractivity contribution is 9.10. The van der Waals surface area contributed by atoms with Crippen molar-refractivity contribution in [1.82, 2.24) is 10.2 Å². The lowest BCUT2D eigenvalue weighted by molar-refractivity contribution is -0.141. The van der Waals surface area contributed by atoms with Crippen molar-refractivity contribution in [2.75, 3.05) is 0 Å². The van der Waals surface area contributed by atoms with Crippen LogP contribution in [0.3, 0.4) is 0 Å². The van der Waals surface area contributed by atoms with Gasteiger partial charge in [-0.25, -0.2) is 0 Å². The summed E-state index contributed by atoms with van der Waals surface area (Å²) in [5.41, 5.74) is 2.04. The molecule has 0 fully saturated rings. The van der Waals surface area contributed by atoms with Gasteiger partial charge in [0.05, 0.1) is 0 Å². The van der Waals surface area contributed by atoms with E-state index in [2.05, 4.69) is 21.2 Å². The lowest BCUT2D eigenvalue weighted by atomic mass is 10.0. The number of carbonyl (C=O) groups excluding carboxylic acids is 2. The van der Waals surface area contributed by atoms with E-state index >= 15 is 0 Å². The SMILES string of the molecule is CCCC(=O)N(Cc1cccc(Br)c1)C(Cc1ccccc1)C(=O)NC(C)CC. The van der Waals surface area contributed by atoms with Gasteiger partial charge in [-0.15, -0.1) is 0 Å². The number of nitrogens with one attached hydrogen (secondary N) is 1. The maximum atomic E-state index is 13.2. The summed E-state index contributed by atoms with van der Waals surface area (Å²) in [4.78, 5) is 28.0. The first-order valence-electron chi connectivity index (χ1n) is 10.3. The van der Waals surface area contributed by atoms with E-state index < -0.39 is 6.04 Å². The van der Waals surface area contributed by atoms with E-state index in [0.29, 0.717) is 19.4 Å². The zero-order valence-corrected chi connectivity index (χ0v) is 19.1. The molecular weight excluding hydrogens is 428 g/mol. The minimum atomic E-state index is -0.551. The molecule has 2 unspecified atom stereocenters. The van der Waals surface area contributed by atoms with E-state index in [1.165, 1.54) is 0 Å². The summed E-state index contributed by atoms with van der Waals surface area (Å²) in [7, 11) is 0. The second kappa shape index (κ2) is 11.8. The molecule has 0 saturated heterocycles. The summed E-state index contributed by atoms with van der Waals surface area (Å²) in [5.74, 6) is -0.0876. The molecule has 0 aliphatic carbocycles. The molecule has 0 aliphatic heterocycles. The third-order valence-corrected chi connectivity index (χ3v) is 5.47. The molecule has 5 heteroatoms. The van der Waals surface area contributed by atoms with E-state index in [-0.39, 0.29) is 17.9 Å². The topological polar surface area (TPSA) is 49.4 Å². The van der Waals surface area contributed by atoms with Gasteiger partial charge < -0.3 is 10.2 Å². The van der Waals surface area contributed by atoms with Crippen molar-refractivity contribution in [3.63, 3.8) is 0 Å². The van der Waals surface area contributed by atoms with Crippen molar-refractivity contribution in [2.24, 2.45) is 0 Å². The molecule has 0 aliphatic rings. The summed E-state index contributed by atoms with van der Waals surface area (Å²) in [6.45, 7) is 6.42. The first-order valence-corrected chi connectivity index (χ1v) is 11.1. The van der Waals surface area contributed by atoms with Gasteiger partial charge in [0, 0.05) is 29.9 Å². The molecule has 0 bridgehead atoms. The van der Waals surface area contributed by atoms with Crippen LogP contribution in [0.5, 0.6) is 0 Å². The van der Waals surface area contributed by atoms with Crippen LogP contribution < -0.4 is 5.32 Å². The van der Waals surface area contributed by atoms with Crippen LogP contribution in [0, 0.1) is 0 Å². The zero-order valence-electron chi connectivity index (χ0n) is 17.5. The Balaban J connectivity index is 2.37. The molecule has 29 heavy (non-hydrogen) atoms. The van der Waals surface area contributed by atoms with Crippen LogP contribution in [0.4, 0.5) is 0 Å². The van der Waals surface area contributed by atoms with Gasteiger partial charge in [0.25, 0.3) is 0 Å². The van der Waals surface area contributed by atoms with Crippen molar-refractivity contribution < 1.29 is 9.59 Å². The molecule has 0 saturated carbocycles. The van der Waals surface area contributed by atoms with Crippen molar-refractivity contribution in [2.45, 2.75) is 65.1 Å². The fourth-order valence-corrected chi connectivity index (χ4v) is 3.63. The lowest BCUT2D eigenvalue weighted by Crippen LogP contribution is -2.52. The molecule has 0 radical (unpaired) electrons. The van der Waals surface area contributed by atoms with Gasteiger partial charge in [-0.3, -0.25) is 9.59 Å². The Hall–Kier alpha value is -2.14. The summed E-state index contributed by atoms with van der Waals surface area (Å²) in [5, 5.41) is 3.08. The average molecular weight is 459 g/mol. The normalized spacial score (nSPS) is 12.8. The van der Waals surface area contributed by atoms with Gasteiger partial charge in [-0.1, -0.05) is 72.2 Å². The second-order valence-corrected chi connectivity index (χ2v) is 8.34. The summed E-state index contributed by atoms with van der Waals surface area (Å²) in [6.07, 6.45) is 2.51. The highest BCUT2D eigenvalue weighted by Gasteiger charge is 2.30. The Kier molecular flexibility index (Phi) is 9.39. The molecule has 2 atom stereocenters. The smallest absolute Gasteiger partial charge is 0.243 e. The number of halogens is 1. The molecule has 0 aromatic heterocycles. The van der Waals surface area contributed by atoms with Gasteiger partial charge in [-0.2, -0.15) is 0 Å². The van der Waals surface area contributed by atoms with Gasteiger partial charge in [0.1, 0.15) is 6.04 Å². The molecule has 2 aromatic rings. The Morgan fingerprint density at radius 2 is 1.72 bits per heavy atom. The quantitative estimate of drug-likeness (QED) is 0.537. The summed E-state index contributed by atoms with van der Waals surface area (Å²) in [6, 6.07) is 17.3. The van der Waals surface area contributed by atoms with Crippen LogP contribution in [-0.4, -0.2) is 28.8 Å². The van der Waals surface area contributed by atoms with E-state index in [9.17, 15) is 9.59 Å². The van der Waals surface area contributed by atoms with Crippen molar-refractivity contribution in [3.05, 3.63) is 70.2 Å². The van der Waals surface area contributed by atoms with Crippen molar-refractivity contribution >= 4 is 27.7 Å². The van der Waals surface area contributed by atoms with Crippen molar-refractivity contribution in [1.29, 1.82) is 0 Å². The van der Waals surface area contributed by atoms with Crippen LogP contribution in [0.25, 0.3) is 0 Å². The number of rotatable bonds is 10. The number of amides is 2. The van der Waals surface area contributed by atoms with E-state index in [0.717, 1.165) is 28.4 Å². The number of benzene rings is 2. The molecule has 0 spiro atoms. The van der Waals surface area contributed by atoms with Gasteiger partial charge in [-0.05, 0) is 43.0 Å². The van der Waals surface area contributed by atoms with E-state index in [1.54, 1.807) is 4.90 Å². The molecule has 1 N–H and O–H groups in total.